The van der Waals surface area contributed by atoms with Crippen molar-refractivity contribution in [1.29, 1.82) is 0 Å². The fourth-order valence-electron chi connectivity index (χ4n) is 3.30. The van der Waals surface area contributed by atoms with Crippen LogP contribution in [-0.4, -0.2) is 0 Å². The largest absolute Gasteiger partial charge is 0.355 e. The van der Waals surface area contributed by atoms with Crippen LogP contribution in [0.25, 0.3) is 0 Å². The van der Waals surface area contributed by atoms with Gasteiger partial charge >= 0.3 is 0 Å². The third-order valence-corrected chi connectivity index (χ3v) is 4.84. The molecule has 2 rings (SSSR count). The van der Waals surface area contributed by atoms with Crippen molar-refractivity contribution in [1.82, 2.24) is 0 Å². The zero-order valence-corrected chi connectivity index (χ0v) is 16.2. The first-order valence-electron chi connectivity index (χ1n) is 10.3. The second-order valence-electron chi connectivity index (χ2n) is 7.10. The molecule has 0 bridgehead atoms. The minimum absolute atomic E-state index is 1.15. The molecule has 2 aromatic carbocycles. The summed E-state index contributed by atoms with van der Waals surface area (Å²) in [5.74, 6) is 0. The van der Waals surface area contributed by atoms with E-state index in [1.807, 2.05) is 0 Å². The Morgan fingerprint density at radius 2 is 1.44 bits per heavy atom. The van der Waals surface area contributed by atoms with E-state index in [4.69, 9.17) is 0 Å². The molecule has 1 nitrogen and oxygen atoms in total. The van der Waals surface area contributed by atoms with Crippen LogP contribution in [0.5, 0.6) is 0 Å². The van der Waals surface area contributed by atoms with E-state index in [1.54, 1.807) is 0 Å². The van der Waals surface area contributed by atoms with E-state index in [1.165, 1.54) is 80.3 Å². The van der Waals surface area contributed by atoms with Crippen LogP contribution in [0.2, 0.25) is 0 Å². The Hall–Kier alpha value is -1.76. The maximum absolute atomic E-state index is 3.64. The molecule has 0 atom stereocenters. The van der Waals surface area contributed by atoms with Crippen molar-refractivity contribution in [2.45, 2.75) is 78.1 Å². The molecule has 0 radical (unpaired) electrons. The smallest absolute Gasteiger partial charge is 0.0416 e. The van der Waals surface area contributed by atoms with E-state index in [0.717, 1.165) is 6.42 Å². The lowest BCUT2D eigenvalue weighted by Gasteiger charge is -2.13. The average Bonchev–Trinajstić information content (AvgIpc) is 2.64. The lowest BCUT2D eigenvalue weighted by Crippen LogP contribution is -1.97. The molecule has 0 aliphatic heterocycles. The number of nitrogens with one attached hydrogen (secondary N) is 1. The topological polar surface area (TPSA) is 12.0 Å². The molecule has 0 fully saturated rings. The third kappa shape index (κ3) is 7.34. The summed E-state index contributed by atoms with van der Waals surface area (Å²) in [4.78, 5) is 0. The van der Waals surface area contributed by atoms with Crippen LogP contribution >= 0.6 is 0 Å². The van der Waals surface area contributed by atoms with Gasteiger partial charge in [-0.1, -0.05) is 82.7 Å². The molecule has 0 aromatic heterocycles. The van der Waals surface area contributed by atoms with E-state index in [2.05, 4.69) is 67.7 Å². The van der Waals surface area contributed by atoms with Crippen LogP contribution in [0.1, 0.15) is 76.3 Å². The predicted molar refractivity (Wildman–Crippen MR) is 112 cm³/mol. The SMILES string of the molecule is CCCCCCCCc1cccc(Nc2ccccc2CCCC)c1. The Morgan fingerprint density at radius 1 is 0.680 bits per heavy atom. The van der Waals surface area contributed by atoms with Gasteiger partial charge in [-0.25, -0.2) is 0 Å². The number of para-hydroxylation sites is 1. The van der Waals surface area contributed by atoms with Gasteiger partial charge in [-0.15, -0.1) is 0 Å². The Labute approximate surface area is 154 Å². The molecule has 2 aromatic rings. The Bertz CT molecular complexity index is 603. The highest BCUT2D eigenvalue weighted by Crippen LogP contribution is 2.23. The molecule has 0 aliphatic carbocycles. The lowest BCUT2D eigenvalue weighted by molar-refractivity contribution is 0.607. The standard InChI is InChI=1S/C24H35N/c1-3-5-7-8-9-10-14-21-15-13-18-23(20-21)25-24-19-12-11-17-22(24)16-6-4-2/h11-13,15,17-20,25H,3-10,14,16H2,1-2H3. The summed E-state index contributed by atoms with van der Waals surface area (Å²) >= 11 is 0. The highest BCUT2D eigenvalue weighted by molar-refractivity contribution is 5.63. The molecule has 136 valence electrons. The molecular weight excluding hydrogens is 302 g/mol. The van der Waals surface area contributed by atoms with Crippen molar-refractivity contribution in [3.63, 3.8) is 0 Å². The number of anilines is 2. The van der Waals surface area contributed by atoms with E-state index >= 15 is 0 Å². The Balaban J connectivity index is 1.89. The van der Waals surface area contributed by atoms with E-state index < -0.39 is 0 Å². The molecule has 0 aliphatic rings. The molecule has 0 unspecified atom stereocenters. The fourth-order valence-corrected chi connectivity index (χ4v) is 3.30. The molecular formula is C24H35N. The van der Waals surface area contributed by atoms with Crippen LogP contribution in [0.4, 0.5) is 11.4 Å². The van der Waals surface area contributed by atoms with Crippen molar-refractivity contribution >= 4 is 11.4 Å². The Kier molecular flexibility index (Phi) is 9.18. The molecule has 25 heavy (non-hydrogen) atoms. The van der Waals surface area contributed by atoms with Gasteiger partial charge in [0.15, 0.2) is 0 Å². The summed E-state index contributed by atoms with van der Waals surface area (Å²) in [7, 11) is 0. The van der Waals surface area contributed by atoms with Crippen molar-refractivity contribution in [2.75, 3.05) is 5.32 Å². The molecule has 0 amide bonds. The van der Waals surface area contributed by atoms with Crippen LogP contribution in [0.15, 0.2) is 48.5 Å². The zero-order valence-electron chi connectivity index (χ0n) is 16.2. The number of benzene rings is 2. The van der Waals surface area contributed by atoms with Crippen molar-refractivity contribution in [2.24, 2.45) is 0 Å². The summed E-state index contributed by atoms with van der Waals surface area (Å²) in [6.07, 6.45) is 13.0. The monoisotopic (exact) mass is 337 g/mol. The van der Waals surface area contributed by atoms with Gasteiger partial charge in [0, 0.05) is 11.4 Å². The maximum Gasteiger partial charge on any atom is 0.0416 e. The molecule has 1 heteroatoms. The lowest BCUT2D eigenvalue weighted by atomic mass is 10.0. The maximum atomic E-state index is 3.64. The molecule has 0 saturated heterocycles. The number of hydrogen-bond acceptors (Lipinski definition) is 1. The van der Waals surface area contributed by atoms with Crippen LogP contribution < -0.4 is 5.32 Å². The van der Waals surface area contributed by atoms with Gasteiger partial charge in [-0.05, 0) is 55.0 Å². The van der Waals surface area contributed by atoms with Gasteiger partial charge in [0.2, 0.25) is 0 Å². The first-order chi connectivity index (χ1) is 12.3. The molecule has 0 spiro atoms. The summed E-state index contributed by atoms with van der Waals surface area (Å²) in [6.45, 7) is 4.53. The minimum Gasteiger partial charge on any atom is -0.355 e. The van der Waals surface area contributed by atoms with Crippen LogP contribution in [0.3, 0.4) is 0 Å². The quantitative estimate of drug-likeness (QED) is 0.392. The van der Waals surface area contributed by atoms with E-state index in [0.29, 0.717) is 0 Å². The van der Waals surface area contributed by atoms with Crippen LogP contribution in [-0.2, 0) is 12.8 Å². The first-order valence-corrected chi connectivity index (χ1v) is 10.3. The minimum atomic E-state index is 1.15. The second kappa shape index (κ2) is 11.7. The van der Waals surface area contributed by atoms with E-state index in [9.17, 15) is 0 Å². The summed E-state index contributed by atoms with van der Waals surface area (Å²) in [5, 5.41) is 3.64. The van der Waals surface area contributed by atoms with Crippen molar-refractivity contribution in [3.05, 3.63) is 59.7 Å². The van der Waals surface area contributed by atoms with Crippen molar-refractivity contribution in [3.8, 4) is 0 Å². The van der Waals surface area contributed by atoms with Gasteiger partial charge in [0.25, 0.3) is 0 Å². The van der Waals surface area contributed by atoms with Gasteiger partial charge < -0.3 is 5.32 Å². The number of rotatable bonds is 12. The fraction of sp³-hybridized carbons (Fsp3) is 0.500. The zero-order chi connectivity index (χ0) is 17.7. The number of unbranched alkanes of at least 4 members (excludes halogenated alkanes) is 6. The van der Waals surface area contributed by atoms with E-state index in [-0.39, 0.29) is 0 Å². The normalized spacial score (nSPS) is 10.8. The first kappa shape index (κ1) is 19.6. The van der Waals surface area contributed by atoms with Gasteiger partial charge in [-0.2, -0.15) is 0 Å². The number of hydrogen-bond donors (Lipinski definition) is 1. The van der Waals surface area contributed by atoms with Crippen LogP contribution in [0, 0.1) is 0 Å². The van der Waals surface area contributed by atoms with Crippen molar-refractivity contribution < 1.29 is 0 Å². The number of aryl methyl sites for hydroxylation is 2. The highest BCUT2D eigenvalue weighted by atomic mass is 14.9. The van der Waals surface area contributed by atoms with Gasteiger partial charge in [0.05, 0.1) is 0 Å². The van der Waals surface area contributed by atoms with Gasteiger partial charge in [0.1, 0.15) is 0 Å². The summed E-state index contributed by atoms with van der Waals surface area (Å²) in [5.41, 5.74) is 5.34. The highest BCUT2D eigenvalue weighted by Gasteiger charge is 2.03. The average molecular weight is 338 g/mol. The third-order valence-electron chi connectivity index (χ3n) is 4.84. The Morgan fingerprint density at radius 3 is 2.28 bits per heavy atom. The molecule has 0 heterocycles. The summed E-state index contributed by atoms with van der Waals surface area (Å²) < 4.78 is 0. The second-order valence-corrected chi connectivity index (χ2v) is 7.10. The summed E-state index contributed by atoms with van der Waals surface area (Å²) in [6, 6.07) is 17.7. The predicted octanol–water partition coefficient (Wildman–Crippen LogP) is 7.68. The molecule has 0 saturated carbocycles. The molecule has 1 N–H and O–H groups in total. The van der Waals surface area contributed by atoms with Gasteiger partial charge in [-0.3, -0.25) is 0 Å².